The molecule has 0 aliphatic carbocycles. The number of amides is 1. The van der Waals surface area contributed by atoms with E-state index in [2.05, 4.69) is 5.32 Å². The van der Waals surface area contributed by atoms with Gasteiger partial charge in [-0.15, -0.1) is 0 Å². The fourth-order valence-corrected chi connectivity index (χ4v) is 1.72. The third kappa shape index (κ3) is 3.26. The van der Waals surface area contributed by atoms with E-state index < -0.39 is 11.7 Å². The Morgan fingerprint density at radius 2 is 1.95 bits per heavy atom. The molecule has 0 aromatic heterocycles. The highest BCUT2D eigenvalue weighted by molar-refractivity contribution is 5.96. The monoisotopic (exact) mass is 275 g/mol. The number of carbonyl (C=O) groups is 1. The van der Waals surface area contributed by atoms with Crippen LogP contribution in [0.4, 0.5) is 4.39 Å². The minimum atomic E-state index is -0.589. The van der Waals surface area contributed by atoms with E-state index in [1.165, 1.54) is 6.07 Å². The summed E-state index contributed by atoms with van der Waals surface area (Å²) in [6.07, 6.45) is 0. The van der Waals surface area contributed by atoms with Crippen LogP contribution in [0.5, 0.6) is 11.5 Å². The summed E-state index contributed by atoms with van der Waals surface area (Å²) in [5.74, 6) is -0.694. The molecule has 0 aliphatic heterocycles. The molecule has 104 valence electrons. The molecule has 2 N–H and O–H groups in total. The molecule has 2 rings (SSSR count). The molecule has 5 heteroatoms. The van der Waals surface area contributed by atoms with Crippen LogP contribution in [0.1, 0.15) is 15.9 Å². The van der Waals surface area contributed by atoms with Crippen LogP contribution in [0.15, 0.2) is 42.5 Å². The number of carbonyl (C=O) groups excluding carboxylic acids is 1. The number of ether oxygens (including phenoxy) is 1. The van der Waals surface area contributed by atoms with E-state index in [-0.39, 0.29) is 11.3 Å². The molecule has 2 aromatic carbocycles. The van der Waals surface area contributed by atoms with E-state index in [0.29, 0.717) is 6.54 Å². The summed E-state index contributed by atoms with van der Waals surface area (Å²) in [5, 5.41) is 12.2. The number of rotatable bonds is 4. The van der Waals surface area contributed by atoms with Gasteiger partial charge in [0.2, 0.25) is 0 Å². The maximum Gasteiger partial charge on any atom is 0.255 e. The van der Waals surface area contributed by atoms with Gasteiger partial charge in [-0.05, 0) is 29.8 Å². The predicted molar refractivity (Wildman–Crippen MR) is 72.2 cm³/mol. The predicted octanol–water partition coefficient (Wildman–Crippen LogP) is 2.47. The van der Waals surface area contributed by atoms with Crippen molar-refractivity contribution in [2.24, 2.45) is 0 Å². The van der Waals surface area contributed by atoms with Gasteiger partial charge in [0.1, 0.15) is 17.3 Å². The number of aromatic hydroxyl groups is 1. The van der Waals surface area contributed by atoms with Crippen molar-refractivity contribution in [3.8, 4) is 11.5 Å². The molecule has 0 saturated carbocycles. The summed E-state index contributed by atoms with van der Waals surface area (Å²) in [5.41, 5.74) is 0.931. The summed E-state index contributed by atoms with van der Waals surface area (Å²) in [7, 11) is 1.58. The number of hydrogen-bond donors (Lipinski definition) is 2. The SMILES string of the molecule is COc1ccc(CNC(=O)c2ccc(F)cc2O)cc1. The van der Waals surface area contributed by atoms with Gasteiger partial charge in [-0.1, -0.05) is 12.1 Å². The van der Waals surface area contributed by atoms with Gasteiger partial charge >= 0.3 is 0 Å². The first-order valence-corrected chi connectivity index (χ1v) is 6.00. The van der Waals surface area contributed by atoms with Gasteiger partial charge in [0, 0.05) is 12.6 Å². The maximum atomic E-state index is 12.8. The molecule has 0 aliphatic rings. The lowest BCUT2D eigenvalue weighted by molar-refractivity contribution is 0.0948. The Morgan fingerprint density at radius 1 is 1.25 bits per heavy atom. The highest BCUT2D eigenvalue weighted by Gasteiger charge is 2.11. The first-order chi connectivity index (χ1) is 9.60. The van der Waals surface area contributed by atoms with Gasteiger partial charge in [-0.25, -0.2) is 4.39 Å². The van der Waals surface area contributed by atoms with Crippen LogP contribution in [-0.4, -0.2) is 18.1 Å². The lowest BCUT2D eigenvalue weighted by Gasteiger charge is -2.07. The minimum Gasteiger partial charge on any atom is -0.507 e. The van der Waals surface area contributed by atoms with E-state index in [9.17, 15) is 14.3 Å². The molecule has 2 aromatic rings. The number of nitrogens with one attached hydrogen (secondary N) is 1. The molecule has 0 heterocycles. The molecule has 0 atom stereocenters. The molecule has 0 unspecified atom stereocenters. The van der Waals surface area contributed by atoms with Crippen LogP contribution >= 0.6 is 0 Å². The van der Waals surface area contributed by atoms with Gasteiger partial charge in [0.15, 0.2) is 0 Å². The topological polar surface area (TPSA) is 58.6 Å². The van der Waals surface area contributed by atoms with E-state index in [1.807, 2.05) is 12.1 Å². The quantitative estimate of drug-likeness (QED) is 0.901. The molecule has 20 heavy (non-hydrogen) atoms. The summed E-state index contributed by atoms with van der Waals surface area (Å²) in [4.78, 5) is 11.9. The molecule has 0 saturated heterocycles. The fourth-order valence-electron chi connectivity index (χ4n) is 1.72. The second kappa shape index (κ2) is 6.06. The zero-order valence-electron chi connectivity index (χ0n) is 10.9. The average molecular weight is 275 g/mol. The molecule has 0 radical (unpaired) electrons. The van der Waals surface area contributed by atoms with Crippen LogP contribution in [0.25, 0.3) is 0 Å². The summed E-state index contributed by atoms with van der Waals surface area (Å²) >= 11 is 0. The molecule has 0 bridgehead atoms. The number of hydrogen-bond acceptors (Lipinski definition) is 3. The highest BCUT2D eigenvalue weighted by Crippen LogP contribution is 2.18. The van der Waals surface area contributed by atoms with Crippen molar-refractivity contribution in [1.29, 1.82) is 0 Å². The Balaban J connectivity index is 2.00. The first kappa shape index (κ1) is 13.9. The number of halogens is 1. The van der Waals surface area contributed by atoms with Crippen LogP contribution in [-0.2, 0) is 6.54 Å². The van der Waals surface area contributed by atoms with Crippen molar-refractivity contribution in [3.05, 3.63) is 59.4 Å². The lowest BCUT2D eigenvalue weighted by atomic mass is 10.1. The maximum absolute atomic E-state index is 12.8. The van der Waals surface area contributed by atoms with Crippen molar-refractivity contribution in [2.45, 2.75) is 6.54 Å². The standard InChI is InChI=1S/C15H14FNO3/c1-20-12-5-2-10(3-6-12)9-17-15(19)13-7-4-11(16)8-14(13)18/h2-8,18H,9H2,1H3,(H,17,19). The van der Waals surface area contributed by atoms with Gasteiger partial charge in [-0.2, -0.15) is 0 Å². The normalized spacial score (nSPS) is 10.1. The van der Waals surface area contributed by atoms with Crippen LogP contribution in [0, 0.1) is 5.82 Å². The van der Waals surface area contributed by atoms with Crippen molar-refractivity contribution in [1.82, 2.24) is 5.32 Å². The largest absolute Gasteiger partial charge is 0.507 e. The smallest absolute Gasteiger partial charge is 0.255 e. The minimum absolute atomic E-state index is 0.0416. The van der Waals surface area contributed by atoms with Crippen molar-refractivity contribution >= 4 is 5.91 Å². The number of phenolic OH excluding ortho intramolecular Hbond substituents is 1. The van der Waals surface area contributed by atoms with E-state index in [1.54, 1.807) is 19.2 Å². The zero-order valence-corrected chi connectivity index (χ0v) is 10.9. The van der Waals surface area contributed by atoms with Crippen LogP contribution < -0.4 is 10.1 Å². The Morgan fingerprint density at radius 3 is 2.55 bits per heavy atom. The van der Waals surface area contributed by atoms with Gasteiger partial charge in [0.25, 0.3) is 5.91 Å². The Hall–Kier alpha value is -2.56. The molecular weight excluding hydrogens is 261 g/mol. The third-order valence-electron chi connectivity index (χ3n) is 2.82. The van der Waals surface area contributed by atoms with Crippen molar-refractivity contribution in [3.63, 3.8) is 0 Å². The molecule has 4 nitrogen and oxygen atoms in total. The number of phenols is 1. The van der Waals surface area contributed by atoms with Crippen molar-refractivity contribution < 1.29 is 19.0 Å². The van der Waals surface area contributed by atoms with Gasteiger partial charge in [-0.3, -0.25) is 4.79 Å². The lowest BCUT2D eigenvalue weighted by Crippen LogP contribution is -2.22. The molecule has 1 amide bonds. The number of methoxy groups -OCH3 is 1. The van der Waals surface area contributed by atoms with E-state index in [4.69, 9.17) is 4.74 Å². The average Bonchev–Trinajstić information content (AvgIpc) is 2.45. The highest BCUT2D eigenvalue weighted by atomic mass is 19.1. The van der Waals surface area contributed by atoms with Crippen molar-refractivity contribution in [2.75, 3.05) is 7.11 Å². The molecule has 0 spiro atoms. The molecular formula is C15H14FNO3. The van der Waals surface area contributed by atoms with E-state index in [0.717, 1.165) is 23.4 Å². The van der Waals surface area contributed by atoms with Gasteiger partial charge in [0.05, 0.1) is 12.7 Å². The Bertz CT molecular complexity index is 611. The molecule has 0 fully saturated rings. The number of benzene rings is 2. The second-order valence-corrected chi connectivity index (χ2v) is 4.19. The third-order valence-corrected chi connectivity index (χ3v) is 2.82. The second-order valence-electron chi connectivity index (χ2n) is 4.19. The Labute approximate surface area is 115 Å². The van der Waals surface area contributed by atoms with Crippen LogP contribution in [0.2, 0.25) is 0 Å². The fraction of sp³-hybridized carbons (Fsp3) is 0.133. The van der Waals surface area contributed by atoms with E-state index >= 15 is 0 Å². The summed E-state index contributed by atoms with van der Waals surface area (Å²) in [6.45, 7) is 0.305. The Kier molecular flexibility index (Phi) is 4.20. The van der Waals surface area contributed by atoms with Crippen LogP contribution in [0.3, 0.4) is 0 Å². The zero-order chi connectivity index (χ0) is 14.5. The van der Waals surface area contributed by atoms with Gasteiger partial charge < -0.3 is 15.2 Å². The first-order valence-electron chi connectivity index (χ1n) is 6.00. The summed E-state index contributed by atoms with van der Waals surface area (Å²) in [6, 6.07) is 10.5. The summed E-state index contributed by atoms with van der Waals surface area (Å²) < 4.78 is 17.9.